The Morgan fingerprint density at radius 1 is 1.30 bits per heavy atom. The summed E-state index contributed by atoms with van der Waals surface area (Å²) in [5, 5.41) is 12.0. The molecular weight excluding hydrogens is 393 g/mol. The van der Waals surface area contributed by atoms with E-state index in [1.807, 2.05) is 9.80 Å². The van der Waals surface area contributed by atoms with Crippen molar-refractivity contribution in [1.82, 2.24) is 14.9 Å². The molecule has 1 spiro atoms. The van der Waals surface area contributed by atoms with Crippen LogP contribution in [-0.4, -0.2) is 70.9 Å². The molecule has 164 valence electrons. The Labute approximate surface area is 174 Å². The topological polar surface area (TPSA) is 108 Å². The molecule has 1 aliphatic carbocycles. The van der Waals surface area contributed by atoms with Gasteiger partial charge in [0.2, 0.25) is 11.9 Å². The predicted molar refractivity (Wildman–Crippen MR) is 106 cm³/mol. The lowest BCUT2D eigenvalue weighted by molar-refractivity contribution is -0.139. The molecule has 2 aliphatic heterocycles. The molecule has 1 aromatic rings. The van der Waals surface area contributed by atoms with E-state index in [9.17, 15) is 19.1 Å². The van der Waals surface area contributed by atoms with Crippen LogP contribution in [0.1, 0.15) is 44.9 Å². The maximum Gasteiger partial charge on any atom is 0.412 e. The molecule has 0 aromatic carbocycles. The molecule has 2 amide bonds. The number of nitrogens with one attached hydrogen (secondary N) is 1. The van der Waals surface area contributed by atoms with Gasteiger partial charge in [0.1, 0.15) is 0 Å². The van der Waals surface area contributed by atoms with E-state index in [1.165, 1.54) is 7.11 Å². The number of hydrogen-bond donors (Lipinski definition) is 2. The number of anilines is 2. The summed E-state index contributed by atoms with van der Waals surface area (Å²) in [6.07, 6.45) is 5.52. The van der Waals surface area contributed by atoms with Crippen LogP contribution >= 0.6 is 0 Å². The normalized spacial score (nSPS) is 29.4. The van der Waals surface area contributed by atoms with Gasteiger partial charge >= 0.3 is 6.09 Å². The number of halogens is 1. The number of ether oxygens (including phenoxy) is 1. The third-order valence-electron chi connectivity index (χ3n) is 6.65. The molecule has 1 aromatic heterocycles. The lowest BCUT2D eigenvalue weighted by atomic mass is 9.78. The van der Waals surface area contributed by atoms with E-state index in [1.54, 1.807) is 0 Å². The molecule has 2 saturated heterocycles. The van der Waals surface area contributed by atoms with Crippen molar-refractivity contribution in [2.45, 2.75) is 57.1 Å². The zero-order valence-electron chi connectivity index (χ0n) is 17.1. The maximum absolute atomic E-state index is 14.0. The highest BCUT2D eigenvalue weighted by Crippen LogP contribution is 2.43. The van der Waals surface area contributed by atoms with Gasteiger partial charge in [-0.15, -0.1) is 0 Å². The van der Waals surface area contributed by atoms with Gasteiger partial charge in [-0.05, 0) is 44.9 Å². The second kappa shape index (κ2) is 8.33. The minimum absolute atomic E-state index is 0.170. The highest BCUT2D eigenvalue weighted by molar-refractivity contribution is 5.86. The van der Waals surface area contributed by atoms with Crippen molar-refractivity contribution in [2.24, 2.45) is 5.41 Å². The quantitative estimate of drug-likeness (QED) is 0.768. The number of rotatable bonds is 3. The number of aliphatic hydroxyl groups excluding tert-OH is 1. The SMILES string of the molecule is COC(=O)Nc1nc(N2CCC[C@@]3(CCN([C@H]4CC[C@H](O)CC4)C3=O)C2)ncc1F. The third-order valence-corrected chi connectivity index (χ3v) is 6.65. The Kier molecular flexibility index (Phi) is 5.77. The van der Waals surface area contributed by atoms with E-state index in [4.69, 9.17) is 0 Å². The molecule has 30 heavy (non-hydrogen) atoms. The van der Waals surface area contributed by atoms with Crippen molar-refractivity contribution in [3.8, 4) is 0 Å². The van der Waals surface area contributed by atoms with Crippen LogP contribution in [0.2, 0.25) is 0 Å². The van der Waals surface area contributed by atoms with E-state index in [0.717, 1.165) is 57.7 Å². The highest BCUT2D eigenvalue weighted by Gasteiger charge is 2.51. The van der Waals surface area contributed by atoms with Crippen LogP contribution in [0.5, 0.6) is 0 Å². The number of carbonyl (C=O) groups is 2. The lowest BCUT2D eigenvalue weighted by Gasteiger charge is -2.40. The highest BCUT2D eigenvalue weighted by atomic mass is 19.1. The maximum atomic E-state index is 14.0. The molecule has 1 atom stereocenters. The Hall–Kier alpha value is -2.49. The summed E-state index contributed by atoms with van der Waals surface area (Å²) in [6.45, 7) is 1.86. The van der Waals surface area contributed by atoms with Crippen molar-refractivity contribution in [3.05, 3.63) is 12.0 Å². The first-order valence-electron chi connectivity index (χ1n) is 10.5. The van der Waals surface area contributed by atoms with Crippen molar-refractivity contribution < 1.29 is 23.8 Å². The fraction of sp³-hybridized carbons (Fsp3) is 0.700. The second-order valence-electron chi connectivity index (χ2n) is 8.50. The summed E-state index contributed by atoms with van der Waals surface area (Å²) >= 11 is 0. The van der Waals surface area contributed by atoms with Crippen molar-refractivity contribution in [2.75, 3.05) is 37.0 Å². The van der Waals surface area contributed by atoms with Crippen LogP contribution in [0.15, 0.2) is 6.20 Å². The summed E-state index contributed by atoms with van der Waals surface area (Å²) in [5.74, 6) is -0.539. The molecule has 9 nitrogen and oxygen atoms in total. The van der Waals surface area contributed by atoms with Gasteiger partial charge in [0.05, 0.1) is 24.8 Å². The van der Waals surface area contributed by atoms with E-state index in [-0.39, 0.29) is 29.8 Å². The van der Waals surface area contributed by atoms with Gasteiger partial charge in [0.15, 0.2) is 11.6 Å². The molecule has 2 N–H and O–H groups in total. The van der Waals surface area contributed by atoms with Crippen molar-refractivity contribution >= 4 is 23.8 Å². The smallest absolute Gasteiger partial charge is 0.412 e. The minimum atomic E-state index is -0.812. The summed E-state index contributed by atoms with van der Waals surface area (Å²) in [7, 11) is 1.19. The Bertz CT molecular complexity index is 816. The third kappa shape index (κ3) is 3.92. The Morgan fingerprint density at radius 2 is 2.07 bits per heavy atom. The number of aliphatic hydroxyl groups is 1. The number of nitrogens with zero attached hydrogens (tertiary/aromatic N) is 4. The first kappa shape index (κ1) is 20.8. The second-order valence-corrected chi connectivity index (χ2v) is 8.50. The molecule has 10 heteroatoms. The first-order chi connectivity index (χ1) is 14.4. The molecule has 3 heterocycles. The fourth-order valence-electron chi connectivity index (χ4n) is 4.99. The number of methoxy groups -OCH3 is 1. The number of carbonyl (C=O) groups excluding carboxylic acids is 2. The van der Waals surface area contributed by atoms with E-state index >= 15 is 0 Å². The Balaban J connectivity index is 1.49. The van der Waals surface area contributed by atoms with Gasteiger partial charge in [-0.3, -0.25) is 10.1 Å². The predicted octanol–water partition coefficient (Wildman–Crippen LogP) is 1.92. The molecule has 3 aliphatic rings. The van der Waals surface area contributed by atoms with E-state index in [2.05, 4.69) is 20.0 Å². The van der Waals surface area contributed by atoms with Crippen LogP contribution < -0.4 is 10.2 Å². The molecule has 3 fully saturated rings. The summed E-state index contributed by atoms with van der Waals surface area (Å²) in [5.41, 5.74) is -0.484. The number of hydrogen-bond acceptors (Lipinski definition) is 7. The summed E-state index contributed by atoms with van der Waals surface area (Å²) in [4.78, 5) is 37.0. The van der Waals surface area contributed by atoms with Crippen molar-refractivity contribution in [1.29, 1.82) is 0 Å². The number of amides is 2. The monoisotopic (exact) mass is 421 g/mol. The van der Waals surface area contributed by atoms with E-state index < -0.39 is 17.3 Å². The van der Waals surface area contributed by atoms with Gasteiger partial charge in [-0.1, -0.05) is 0 Å². The molecule has 0 unspecified atom stereocenters. The van der Waals surface area contributed by atoms with Crippen LogP contribution in [0.25, 0.3) is 0 Å². The minimum Gasteiger partial charge on any atom is -0.453 e. The average Bonchev–Trinajstić information content (AvgIpc) is 3.05. The number of aromatic nitrogens is 2. The van der Waals surface area contributed by atoms with Crippen LogP contribution in [0.4, 0.5) is 21.0 Å². The molecule has 4 rings (SSSR count). The lowest BCUT2D eigenvalue weighted by Crippen LogP contribution is -2.50. The average molecular weight is 421 g/mol. The van der Waals surface area contributed by atoms with E-state index in [0.29, 0.717) is 13.1 Å². The largest absolute Gasteiger partial charge is 0.453 e. The van der Waals surface area contributed by atoms with Gasteiger partial charge in [-0.2, -0.15) is 4.98 Å². The molecule has 0 bridgehead atoms. The number of piperidine rings is 1. The fourth-order valence-corrected chi connectivity index (χ4v) is 4.99. The van der Waals surface area contributed by atoms with Gasteiger partial charge in [0.25, 0.3) is 0 Å². The number of likely N-dealkylation sites (tertiary alicyclic amines) is 1. The van der Waals surface area contributed by atoms with Crippen LogP contribution in [0, 0.1) is 11.2 Å². The Morgan fingerprint density at radius 3 is 2.80 bits per heavy atom. The van der Waals surface area contributed by atoms with Gasteiger partial charge < -0.3 is 19.6 Å². The standard InChI is InChI=1S/C20H28FN5O4/c1-30-19(29)24-16-15(21)11-22-18(23-16)25-9-2-7-20(12-25)8-10-26(17(20)28)13-3-5-14(27)6-4-13/h11,13-14,27H,2-10,12H2,1H3,(H,22,23,24,29)/t13-,14-,20-/m1/s1. The van der Waals surface area contributed by atoms with Crippen molar-refractivity contribution in [3.63, 3.8) is 0 Å². The molecule has 1 saturated carbocycles. The van der Waals surface area contributed by atoms with Gasteiger partial charge in [-0.25, -0.2) is 14.2 Å². The zero-order chi connectivity index (χ0) is 21.3. The van der Waals surface area contributed by atoms with Crippen LogP contribution in [0.3, 0.4) is 0 Å². The molecular formula is C20H28FN5O4. The first-order valence-corrected chi connectivity index (χ1v) is 10.5. The van der Waals surface area contributed by atoms with Crippen LogP contribution in [-0.2, 0) is 9.53 Å². The summed E-state index contributed by atoms with van der Waals surface area (Å²) < 4.78 is 18.5. The zero-order valence-corrected chi connectivity index (χ0v) is 17.1. The molecule has 0 radical (unpaired) electrons. The van der Waals surface area contributed by atoms with Gasteiger partial charge in [0, 0.05) is 25.7 Å². The summed E-state index contributed by atoms with van der Waals surface area (Å²) in [6, 6.07) is 0.202.